The van der Waals surface area contributed by atoms with Gasteiger partial charge in [0.2, 0.25) is 5.95 Å². The number of nitrogens with two attached hydrogens (primary N) is 1. The van der Waals surface area contributed by atoms with Gasteiger partial charge in [-0.15, -0.1) is 0 Å². The monoisotopic (exact) mass is 394 g/mol. The van der Waals surface area contributed by atoms with E-state index in [9.17, 15) is 4.79 Å². The maximum atomic E-state index is 12.3. The van der Waals surface area contributed by atoms with Crippen molar-refractivity contribution in [2.45, 2.75) is 0 Å². The Hall–Kier alpha value is -2.23. The Bertz CT molecular complexity index is 844. The van der Waals surface area contributed by atoms with Gasteiger partial charge in [0.05, 0.1) is 6.33 Å². The lowest BCUT2D eigenvalue weighted by Crippen LogP contribution is -2.14. The van der Waals surface area contributed by atoms with Gasteiger partial charge in [0.15, 0.2) is 17.0 Å². The number of nitrogens with zero attached hydrogens (tertiary/aromatic N) is 4. The number of carbonyl (C=O) groups excluding carboxylic acids is 1. The van der Waals surface area contributed by atoms with E-state index in [0.717, 1.165) is 3.57 Å². The van der Waals surface area contributed by atoms with Gasteiger partial charge < -0.3 is 15.6 Å². The van der Waals surface area contributed by atoms with E-state index in [1.54, 1.807) is 30.1 Å². The molecule has 0 fully saturated rings. The van der Waals surface area contributed by atoms with E-state index >= 15 is 0 Å². The molecule has 0 unspecified atom stereocenters. The highest BCUT2D eigenvalue weighted by atomic mass is 127. The molecule has 0 spiro atoms. The predicted octanol–water partition coefficient (Wildman–Crippen LogP) is 1.80. The van der Waals surface area contributed by atoms with Crippen LogP contribution < -0.4 is 11.1 Å². The minimum atomic E-state index is -0.265. The van der Waals surface area contributed by atoms with E-state index in [2.05, 4.69) is 42.9 Å². The highest BCUT2D eigenvalue weighted by Gasteiger charge is 2.14. The van der Waals surface area contributed by atoms with Gasteiger partial charge in [-0.2, -0.15) is 9.97 Å². The van der Waals surface area contributed by atoms with Crippen molar-refractivity contribution >= 4 is 51.4 Å². The van der Waals surface area contributed by atoms with E-state index in [0.29, 0.717) is 22.5 Å². The molecule has 2 heterocycles. The van der Waals surface area contributed by atoms with E-state index in [4.69, 9.17) is 5.73 Å². The minimum absolute atomic E-state index is 0.0871. The maximum Gasteiger partial charge on any atom is 0.256 e. The number of aromatic nitrogens is 4. The summed E-state index contributed by atoms with van der Waals surface area (Å²) in [5, 5.41) is 2.73. The maximum absolute atomic E-state index is 12.3. The quantitative estimate of drug-likeness (QED) is 0.646. The normalized spacial score (nSPS) is 10.8. The minimum Gasteiger partial charge on any atom is -0.368 e. The molecule has 3 rings (SSSR count). The van der Waals surface area contributed by atoms with Gasteiger partial charge in [-0.25, -0.2) is 4.98 Å². The van der Waals surface area contributed by atoms with Crippen LogP contribution in [0.2, 0.25) is 0 Å². The standard InChI is InChI=1S/C13H11IN6O/c1-20-6-16-9-10(18-13(15)19-11(9)20)17-12(21)7-3-2-4-8(14)5-7/h2-6H,1H3,(H3,15,17,18,19,21). The van der Waals surface area contributed by atoms with Gasteiger partial charge in [0, 0.05) is 16.2 Å². The number of halogens is 1. The number of fused-ring (bicyclic) bond motifs is 1. The first-order valence-electron chi connectivity index (χ1n) is 6.06. The Kier molecular flexibility index (Phi) is 3.45. The Morgan fingerprint density at radius 1 is 1.38 bits per heavy atom. The molecule has 3 aromatic rings. The molecule has 0 aliphatic rings. The van der Waals surface area contributed by atoms with Crippen LogP contribution in [0.1, 0.15) is 10.4 Å². The summed E-state index contributed by atoms with van der Waals surface area (Å²) in [6.07, 6.45) is 1.60. The summed E-state index contributed by atoms with van der Waals surface area (Å²) < 4.78 is 2.69. The average Bonchev–Trinajstić information content (AvgIpc) is 2.80. The molecule has 106 valence electrons. The van der Waals surface area contributed by atoms with Crippen LogP contribution in [0.15, 0.2) is 30.6 Å². The van der Waals surface area contributed by atoms with Crippen molar-refractivity contribution < 1.29 is 4.79 Å². The molecule has 21 heavy (non-hydrogen) atoms. The molecular formula is C13H11IN6O. The van der Waals surface area contributed by atoms with Crippen LogP contribution in [0.5, 0.6) is 0 Å². The van der Waals surface area contributed by atoms with Crippen molar-refractivity contribution in [2.75, 3.05) is 11.1 Å². The summed E-state index contributed by atoms with van der Waals surface area (Å²) in [7, 11) is 1.80. The molecule has 0 aliphatic carbocycles. The van der Waals surface area contributed by atoms with Crippen molar-refractivity contribution in [2.24, 2.45) is 7.05 Å². The van der Waals surface area contributed by atoms with Crippen molar-refractivity contribution in [3.05, 3.63) is 39.7 Å². The van der Waals surface area contributed by atoms with Crippen LogP contribution in [0, 0.1) is 3.57 Å². The van der Waals surface area contributed by atoms with Crippen LogP contribution in [0.25, 0.3) is 11.2 Å². The zero-order valence-corrected chi connectivity index (χ0v) is 13.2. The highest BCUT2D eigenvalue weighted by Crippen LogP contribution is 2.20. The van der Waals surface area contributed by atoms with Crippen molar-refractivity contribution in [3.63, 3.8) is 0 Å². The molecule has 1 aromatic carbocycles. The van der Waals surface area contributed by atoms with Crippen LogP contribution in [0.4, 0.5) is 11.8 Å². The molecule has 0 radical (unpaired) electrons. The molecule has 0 saturated heterocycles. The number of imidazole rings is 1. The summed E-state index contributed by atoms with van der Waals surface area (Å²) in [4.78, 5) is 24.6. The fraction of sp³-hybridized carbons (Fsp3) is 0.0769. The SMILES string of the molecule is Cn1cnc2c(NC(=O)c3cccc(I)c3)nc(N)nc21. The Labute approximate surface area is 133 Å². The number of benzene rings is 1. The molecule has 0 aliphatic heterocycles. The number of nitrogens with one attached hydrogen (secondary N) is 1. The second kappa shape index (κ2) is 5.28. The zero-order valence-electron chi connectivity index (χ0n) is 11.0. The van der Waals surface area contributed by atoms with Gasteiger partial charge >= 0.3 is 0 Å². The molecular weight excluding hydrogens is 383 g/mol. The summed E-state index contributed by atoms with van der Waals surface area (Å²) in [5.41, 5.74) is 7.30. The molecule has 1 amide bonds. The third-order valence-corrected chi connectivity index (χ3v) is 3.57. The first kappa shape index (κ1) is 13.7. The summed E-state index contributed by atoms with van der Waals surface area (Å²) >= 11 is 2.15. The van der Waals surface area contributed by atoms with Crippen LogP contribution in [-0.4, -0.2) is 25.4 Å². The molecule has 7 nitrogen and oxygen atoms in total. The number of amides is 1. The fourth-order valence-electron chi connectivity index (χ4n) is 1.92. The Morgan fingerprint density at radius 3 is 2.95 bits per heavy atom. The van der Waals surface area contributed by atoms with Gasteiger partial charge in [-0.05, 0) is 40.8 Å². The predicted molar refractivity (Wildman–Crippen MR) is 87.8 cm³/mol. The number of hydrogen-bond donors (Lipinski definition) is 2. The van der Waals surface area contributed by atoms with E-state index in [1.165, 1.54) is 0 Å². The van der Waals surface area contributed by atoms with E-state index in [-0.39, 0.29) is 11.9 Å². The van der Waals surface area contributed by atoms with Crippen LogP contribution in [-0.2, 0) is 7.05 Å². The molecule has 0 atom stereocenters. The lowest BCUT2D eigenvalue weighted by atomic mass is 10.2. The van der Waals surface area contributed by atoms with Gasteiger partial charge in [-0.3, -0.25) is 4.79 Å². The van der Waals surface area contributed by atoms with Crippen LogP contribution >= 0.6 is 22.6 Å². The third-order valence-electron chi connectivity index (χ3n) is 2.90. The number of anilines is 2. The lowest BCUT2D eigenvalue weighted by Gasteiger charge is -2.06. The number of carbonyl (C=O) groups is 1. The van der Waals surface area contributed by atoms with Gasteiger partial charge in [0.1, 0.15) is 0 Å². The first-order valence-corrected chi connectivity index (χ1v) is 7.14. The molecule has 0 saturated carbocycles. The van der Waals surface area contributed by atoms with Gasteiger partial charge in [0.25, 0.3) is 5.91 Å². The molecule has 0 bridgehead atoms. The highest BCUT2D eigenvalue weighted by molar-refractivity contribution is 14.1. The number of rotatable bonds is 2. The topological polar surface area (TPSA) is 98.7 Å². The van der Waals surface area contributed by atoms with Gasteiger partial charge in [-0.1, -0.05) is 6.07 Å². The molecule has 8 heteroatoms. The second-order valence-corrected chi connectivity index (χ2v) is 5.67. The van der Waals surface area contributed by atoms with Crippen molar-refractivity contribution in [1.82, 2.24) is 19.5 Å². The number of hydrogen-bond acceptors (Lipinski definition) is 5. The number of nitrogen functional groups attached to an aromatic ring is 1. The zero-order chi connectivity index (χ0) is 15.0. The first-order chi connectivity index (χ1) is 10.0. The Morgan fingerprint density at radius 2 is 2.19 bits per heavy atom. The third kappa shape index (κ3) is 2.66. The summed E-state index contributed by atoms with van der Waals surface area (Å²) in [5.74, 6) is 0.129. The smallest absolute Gasteiger partial charge is 0.256 e. The molecule has 2 aromatic heterocycles. The van der Waals surface area contributed by atoms with Crippen LogP contribution in [0.3, 0.4) is 0 Å². The largest absolute Gasteiger partial charge is 0.368 e. The van der Waals surface area contributed by atoms with Crippen molar-refractivity contribution in [3.8, 4) is 0 Å². The van der Waals surface area contributed by atoms with E-state index < -0.39 is 0 Å². The summed E-state index contributed by atoms with van der Waals surface area (Å²) in [6, 6.07) is 7.26. The van der Waals surface area contributed by atoms with E-state index in [1.807, 2.05) is 12.1 Å². The second-order valence-electron chi connectivity index (χ2n) is 4.42. The Balaban J connectivity index is 2.00. The van der Waals surface area contributed by atoms with Crippen molar-refractivity contribution in [1.29, 1.82) is 0 Å². The number of aryl methyl sites for hydroxylation is 1. The summed E-state index contributed by atoms with van der Waals surface area (Å²) in [6.45, 7) is 0. The fourth-order valence-corrected chi connectivity index (χ4v) is 2.46. The molecule has 3 N–H and O–H groups in total. The average molecular weight is 394 g/mol. The lowest BCUT2D eigenvalue weighted by molar-refractivity contribution is 0.102.